The van der Waals surface area contributed by atoms with E-state index in [-0.39, 0.29) is 18.5 Å². The molecule has 0 saturated heterocycles. The van der Waals surface area contributed by atoms with E-state index in [4.69, 9.17) is 9.84 Å². The van der Waals surface area contributed by atoms with Crippen molar-refractivity contribution in [2.24, 2.45) is 0 Å². The van der Waals surface area contributed by atoms with Crippen LogP contribution in [0.5, 0.6) is 5.75 Å². The number of rotatable bonds is 4. The second kappa shape index (κ2) is 4.62. The van der Waals surface area contributed by atoms with E-state index in [9.17, 15) is 4.39 Å². The SMILES string of the molecule is OCCCCC1Cc2cc(F)ccc2O1. The minimum Gasteiger partial charge on any atom is -0.490 e. The van der Waals surface area contributed by atoms with Crippen molar-refractivity contribution in [3.05, 3.63) is 29.6 Å². The van der Waals surface area contributed by atoms with Crippen LogP contribution in [0.2, 0.25) is 0 Å². The molecule has 0 saturated carbocycles. The Bertz CT molecular complexity index is 338. The Hall–Kier alpha value is -1.09. The number of fused-ring (bicyclic) bond motifs is 1. The molecule has 0 aromatic heterocycles. The van der Waals surface area contributed by atoms with Crippen molar-refractivity contribution < 1.29 is 14.2 Å². The van der Waals surface area contributed by atoms with Crippen LogP contribution in [0.15, 0.2) is 18.2 Å². The Labute approximate surface area is 88.7 Å². The number of aliphatic hydroxyl groups is 1. The van der Waals surface area contributed by atoms with Crippen LogP contribution in [0, 0.1) is 5.82 Å². The van der Waals surface area contributed by atoms with Gasteiger partial charge >= 0.3 is 0 Å². The van der Waals surface area contributed by atoms with Gasteiger partial charge in [0.05, 0.1) is 0 Å². The molecule has 1 N–H and O–H groups in total. The summed E-state index contributed by atoms with van der Waals surface area (Å²) in [6.07, 6.45) is 3.64. The molecular formula is C12H15FO2. The van der Waals surface area contributed by atoms with Crippen LogP contribution in [-0.2, 0) is 6.42 Å². The van der Waals surface area contributed by atoms with Gasteiger partial charge in [0.2, 0.25) is 0 Å². The van der Waals surface area contributed by atoms with Gasteiger partial charge in [0.25, 0.3) is 0 Å². The first-order valence-electron chi connectivity index (χ1n) is 5.35. The lowest BCUT2D eigenvalue weighted by Crippen LogP contribution is -2.12. The summed E-state index contributed by atoms with van der Waals surface area (Å²) < 4.78 is 18.6. The molecule has 0 amide bonds. The fraction of sp³-hybridized carbons (Fsp3) is 0.500. The highest BCUT2D eigenvalue weighted by Gasteiger charge is 2.22. The first kappa shape index (κ1) is 10.4. The molecule has 1 aromatic rings. The van der Waals surface area contributed by atoms with E-state index in [1.54, 1.807) is 12.1 Å². The molecular weight excluding hydrogens is 195 g/mol. The summed E-state index contributed by atoms with van der Waals surface area (Å²) >= 11 is 0. The van der Waals surface area contributed by atoms with Crippen LogP contribution in [0.3, 0.4) is 0 Å². The topological polar surface area (TPSA) is 29.5 Å². The third kappa shape index (κ3) is 2.48. The lowest BCUT2D eigenvalue weighted by molar-refractivity contribution is 0.208. The van der Waals surface area contributed by atoms with Gasteiger partial charge in [-0.05, 0) is 37.5 Å². The molecule has 0 spiro atoms. The van der Waals surface area contributed by atoms with Gasteiger partial charge in [-0.15, -0.1) is 0 Å². The largest absolute Gasteiger partial charge is 0.490 e. The fourth-order valence-corrected chi connectivity index (χ4v) is 1.93. The van der Waals surface area contributed by atoms with Crippen LogP contribution in [-0.4, -0.2) is 17.8 Å². The number of ether oxygens (including phenoxy) is 1. The summed E-state index contributed by atoms with van der Waals surface area (Å²) in [6, 6.07) is 4.66. The van der Waals surface area contributed by atoms with Crippen molar-refractivity contribution in [2.45, 2.75) is 31.8 Å². The number of halogens is 1. The molecule has 1 unspecified atom stereocenters. The lowest BCUT2D eigenvalue weighted by Gasteiger charge is -2.09. The minimum absolute atomic E-state index is 0.161. The standard InChI is InChI=1S/C12H15FO2/c13-10-4-5-12-9(7-10)8-11(15-12)3-1-2-6-14/h4-5,7,11,14H,1-3,6,8H2. The van der Waals surface area contributed by atoms with Gasteiger partial charge in [-0.2, -0.15) is 0 Å². The van der Waals surface area contributed by atoms with E-state index in [0.717, 1.165) is 37.0 Å². The monoisotopic (exact) mass is 210 g/mol. The van der Waals surface area contributed by atoms with Crippen molar-refractivity contribution in [3.63, 3.8) is 0 Å². The van der Waals surface area contributed by atoms with Crippen molar-refractivity contribution in [2.75, 3.05) is 6.61 Å². The van der Waals surface area contributed by atoms with Crippen LogP contribution >= 0.6 is 0 Å². The number of hydrogen-bond donors (Lipinski definition) is 1. The van der Waals surface area contributed by atoms with E-state index in [2.05, 4.69) is 0 Å². The number of aliphatic hydroxyl groups excluding tert-OH is 1. The molecule has 2 rings (SSSR count). The van der Waals surface area contributed by atoms with Crippen LogP contribution < -0.4 is 4.74 Å². The van der Waals surface area contributed by atoms with Crippen molar-refractivity contribution >= 4 is 0 Å². The molecule has 2 nitrogen and oxygen atoms in total. The number of hydrogen-bond acceptors (Lipinski definition) is 2. The van der Waals surface area contributed by atoms with Crippen LogP contribution in [0.1, 0.15) is 24.8 Å². The maximum absolute atomic E-state index is 12.9. The average molecular weight is 210 g/mol. The lowest BCUT2D eigenvalue weighted by atomic mass is 10.1. The maximum Gasteiger partial charge on any atom is 0.123 e. The highest BCUT2D eigenvalue weighted by Crippen LogP contribution is 2.30. The summed E-state index contributed by atoms with van der Waals surface area (Å²) in [5.74, 6) is 0.610. The fourth-order valence-electron chi connectivity index (χ4n) is 1.93. The Balaban J connectivity index is 1.91. The third-order valence-electron chi connectivity index (χ3n) is 2.70. The van der Waals surface area contributed by atoms with Crippen molar-refractivity contribution in [3.8, 4) is 5.75 Å². The summed E-state index contributed by atoms with van der Waals surface area (Å²) in [5, 5.41) is 8.66. The van der Waals surface area contributed by atoms with Gasteiger partial charge in [-0.25, -0.2) is 4.39 Å². The molecule has 1 aromatic carbocycles. The minimum atomic E-state index is -0.201. The van der Waals surface area contributed by atoms with E-state index in [1.165, 1.54) is 6.07 Å². The van der Waals surface area contributed by atoms with Gasteiger partial charge in [0.15, 0.2) is 0 Å². The zero-order valence-electron chi connectivity index (χ0n) is 8.58. The molecule has 15 heavy (non-hydrogen) atoms. The summed E-state index contributed by atoms with van der Waals surface area (Å²) in [4.78, 5) is 0. The Morgan fingerprint density at radius 1 is 1.40 bits per heavy atom. The zero-order chi connectivity index (χ0) is 10.7. The molecule has 0 bridgehead atoms. The quantitative estimate of drug-likeness (QED) is 0.773. The number of benzene rings is 1. The summed E-state index contributed by atoms with van der Waals surface area (Å²) in [7, 11) is 0. The molecule has 82 valence electrons. The van der Waals surface area contributed by atoms with Gasteiger partial charge < -0.3 is 9.84 Å². The predicted molar refractivity (Wildman–Crippen MR) is 55.5 cm³/mol. The van der Waals surface area contributed by atoms with Crippen LogP contribution in [0.25, 0.3) is 0 Å². The molecule has 0 fully saturated rings. The van der Waals surface area contributed by atoms with Gasteiger partial charge in [-0.1, -0.05) is 0 Å². The summed E-state index contributed by atoms with van der Waals surface area (Å²) in [6.45, 7) is 0.230. The van der Waals surface area contributed by atoms with E-state index >= 15 is 0 Å². The normalized spacial score (nSPS) is 18.7. The van der Waals surface area contributed by atoms with E-state index in [1.807, 2.05) is 0 Å². The molecule has 1 aliphatic heterocycles. The molecule has 0 radical (unpaired) electrons. The van der Waals surface area contributed by atoms with Crippen molar-refractivity contribution in [1.29, 1.82) is 0 Å². The van der Waals surface area contributed by atoms with Gasteiger partial charge in [0.1, 0.15) is 17.7 Å². The van der Waals surface area contributed by atoms with Gasteiger partial charge in [-0.3, -0.25) is 0 Å². The molecule has 0 aliphatic carbocycles. The Morgan fingerprint density at radius 2 is 2.27 bits per heavy atom. The maximum atomic E-state index is 12.9. The Morgan fingerprint density at radius 3 is 3.07 bits per heavy atom. The second-order valence-corrected chi connectivity index (χ2v) is 3.92. The average Bonchev–Trinajstić information content (AvgIpc) is 2.60. The van der Waals surface area contributed by atoms with E-state index in [0.29, 0.717) is 0 Å². The van der Waals surface area contributed by atoms with Crippen LogP contribution in [0.4, 0.5) is 4.39 Å². The molecule has 1 aliphatic rings. The molecule has 1 heterocycles. The zero-order valence-corrected chi connectivity index (χ0v) is 8.58. The smallest absolute Gasteiger partial charge is 0.123 e. The number of unbranched alkanes of at least 4 members (excludes halogenated alkanes) is 1. The summed E-state index contributed by atoms with van der Waals surface area (Å²) in [5.41, 5.74) is 0.962. The predicted octanol–water partition coefficient (Wildman–Crippen LogP) is 2.29. The van der Waals surface area contributed by atoms with Crippen molar-refractivity contribution in [1.82, 2.24) is 0 Å². The highest BCUT2D eigenvalue weighted by molar-refractivity contribution is 5.37. The molecule has 1 atom stereocenters. The van der Waals surface area contributed by atoms with Gasteiger partial charge in [0, 0.05) is 18.6 Å². The van der Waals surface area contributed by atoms with E-state index < -0.39 is 0 Å². The Kier molecular flexibility index (Phi) is 3.21. The molecule has 3 heteroatoms. The first-order chi connectivity index (χ1) is 7.29. The highest BCUT2D eigenvalue weighted by atomic mass is 19.1. The second-order valence-electron chi connectivity index (χ2n) is 3.92. The third-order valence-corrected chi connectivity index (χ3v) is 2.70. The first-order valence-corrected chi connectivity index (χ1v) is 5.35.